The van der Waals surface area contributed by atoms with E-state index in [-0.39, 0.29) is 0 Å². The van der Waals surface area contributed by atoms with Gasteiger partial charge >= 0.3 is 0 Å². The smallest absolute Gasteiger partial charge is 0.133 e. The lowest BCUT2D eigenvalue weighted by molar-refractivity contribution is -0.119. The Kier molecular flexibility index (Phi) is 1.80. The maximum atomic E-state index is 11.2. The molecule has 0 heterocycles. The first kappa shape index (κ1) is 7.08. The van der Waals surface area contributed by atoms with Gasteiger partial charge in [0.1, 0.15) is 5.78 Å². The lowest BCUT2D eigenvalue weighted by Crippen LogP contribution is -2.03. The van der Waals surface area contributed by atoms with Gasteiger partial charge in [0.25, 0.3) is 0 Å². The van der Waals surface area contributed by atoms with E-state index < -0.39 is 0 Å². The SMILES string of the molecule is O=C1CCC=C2CCCC2C1. The molecule has 0 aromatic carbocycles. The number of Topliss-reactive ketones (excluding diaryl/α,β-unsaturated/α-hetero) is 1. The predicted octanol–water partition coefficient (Wildman–Crippen LogP) is 2.47. The molecule has 0 radical (unpaired) electrons. The number of allylic oxidation sites excluding steroid dienone is 2. The van der Waals surface area contributed by atoms with Crippen molar-refractivity contribution in [3.8, 4) is 0 Å². The zero-order valence-corrected chi connectivity index (χ0v) is 6.81. The molecule has 1 fully saturated rings. The summed E-state index contributed by atoms with van der Waals surface area (Å²) in [5.41, 5.74) is 1.58. The van der Waals surface area contributed by atoms with Gasteiger partial charge in [-0.15, -0.1) is 0 Å². The zero-order valence-electron chi connectivity index (χ0n) is 6.81. The van der Waals surface area contributed by atoms with Crippen LogP contribution in [0.3, 0.4) is 0 Å². The zero-order chi connectivity index (χ0) is 7.68. The first-order valence-electron chi connectivity index (χ1n) is 4.57. The van der Waals surface area contributed by atoms with Gasteiger partial charge in [-0.05, 0) is 31.6 Å². The molecule has 0 amide bonds. The average molecular weight is 150 g/mol. The van der Waals surface area contributed by atoms with Crippen molar-refractivity contribution in [2.45, 2.75) is 38.5 Å². The van der Waals surface area contributed by atoms with E-state index in [4.69, 9.17) is 0 Å². The summed E-state index contributed by atoms with van der Waals surface area (Å²) < 4.78 is 0. The fourth-order valence-electron chi connectivity index (χ4n) is 2.24. The molecular weight excluding hydrogens is 136 g/mol. The average Bonchev–Trinajstić information content (AvgIpc) is 2.31. The maximum absolute atomic E-state index is 11.2. The first-order chi connectivity index (χ1) is 5.36. The van der Waals surface area contributed by atoms with E-state index in [1.54, 1.807) is 5.57 Å². The topological polar surface area (TPSA) is 17.1 Å². The highest BCUT2D eigenvalue weighted by Crippen LogP contribution is 2.35. The Bertz CT molecular complexity index is 203. The fourth-order valence-corrected chi connectivity index (χ4v) is 2.24. The Hall–Kier alpha value is -0.590. The van der Waals surface area contributed by atoms with E-state index in [9.17, 15) is 4.79 Å². The number of rotatable bonds is 0. The molecule has 0 saturated heterocycles. The highest BCUT2D eigenvalue weighted by atomic mass is 16.1. The van der Waals surface area contributed by atoms with Crippen LogP contribution in [-0.4, -0.2) is 5.78 Å². The minimum atomic E-state index is 0.475. The second kappa shape index (κ2) is 2.80. The van der Waals surface area contributed by atoms with Crippen LogP contribution in [0.1, 0.15) is 38.5 Å². The van der Waals surface area contributed by atoms with Crippen molar-refractivity contribution in [3.63, 3.8) is 0 Å². The van der Waals surface area contributed by atoms with E-state index in [2.05, 4.69) is 6.08 Å². The summed E-state index contributed by atoms with van der Waals surface area (Å²) in [7, 11) is 0. The maximum Gasteiger partial charge on any atom is 0.133 e. The van der Waals surface area contributed by atoms with E-state index in [0.717, 1.165) is 19.3 Å². The van der Waals surface area contributed by atoms with Crippen LogP contribution in [0.15, 0.2) is 11.6 Å². The molecule has 0 bridgehead atoms. The van der Waals surface area contributed by atoms with Crippen molar-refractivity contribution >= 4 is 5.78 Å². The second-order valence-electron chi connectivity index (χ2n) is 3.65. The first-order valence-corrected chi connectivity index (χ1v) is 4.57. The largest absolute Gasteiger partial charge is 0.300 e. The Morgan fingerprint density at radius 3 is 3.18 bits per heavy atom. The van der Waals surface area contributed by atoms with Crippen molar-refractivity contribution in [2.75, 3.05) is 0 Å². The number of hydrogen-bond donors (Lipinski definition) is 0. The summed E-state index contributed by atoms with van der Waals surface area (Å²) >= 11 is 0. The molecule has 0 aromatic rings. The Balaban J connectivity index is 2.15. The molecule has 2 rings (SSSR count). The van der Waals surface area contributed by atoms with E-state index in [0.29, 0.717) is 11.7 Å². The van der Waals surface area contributed by atoms with Crippen LogP contribution in [0.5, 0.6) is 0 Å². The standard InChI is InChI=1S/C10H14O/c11-10-6-2-4-8-3-1-5-9(8)7-10/h4,9H,1-3,5-7H2. The molecule has 1 saturated carbocycles. The van der Waals surface area contributed by atoms with Gasteiger partial charge in [0.05, 0.1) is 0 Å². The number of hydrogen-bond acceptors (Lipinski definition) is 1. The van der Waals surface area contributed by atoms with Gasteiger partial charge in [-0.3, -0.25) is 4.79 Å². The monoisotopic (exact) mass is 150 g/mol. The quantitative estimate of drug-likeness (QED) is 0.485. The van der Waals surface area contributed by atoms with Crippen LogP contribution in [0.2, 0.25) is 0 Å². The minimum absolute atomic E-state index is 0.475. The van der Waals surface area contributed by atoms with Gasteiger partial charge in [-0.2, -0.15) is 0 Å². The molecule has 1 heteroatoms. The van der Waals surface area contributed by atoms with Gasteiger partial charge in [-0.25, -0.2) is 0 Å². The van der Waals surface area contributed by atoms with Gasteiger partial charge < -0.3 is 0 Å². The van der Waals surface area contributed by atoms with Crippen molar-refractivity contribution in [1.29, 1.82) is 0 Å². The molecular formula is C10H14O. The molecule has 2 aliphatic carbocycles. The molecule has 1 unspecified atom stereocenters. The van der Waals surface area contributed by atoms with Crippen molar-refractivity contribution in [2.24, 2.45) is 5.92 Å². The lowest BCUT2D eigenvalue weighted by Gasteiger charge is -2.06. The van der Waals surface area contributed by atoms with Crippen molar-refractivity contribution < 1.29 is 4.79 Å². The highest BCUT2D eigenvalue weighted by Gasteiger charge is 2.24. The lowest BCUT2D eigenvalue weighted by atomic mass is 9.98. The number of ketones is 1. The van der Waals surface area contributed by atoms with Crippen molar-refractivity contribution in [1.82, 2.24) is 0 Å². The van der Waals surface area contributed by atoms with E-state index >= 15 is 0 Å². The minimum Gasteiger partial charge on any atom is -0.300 e. The highest BCUT2D eigenvalue weighted by molar-refractivity contribution is 5.79. The summed E-state index contributed by atoms with van der Waals surface area (Å²) in [5.74, 6) is 1.12. The summed E-state index contributed by atoms with van der Waals surface area (Å²) in [4.78, 5) is 11.2. The van der Waals surface area contributed by atoms with Crippen molar-refractivity contribution in [3.05, 3.63) is 11.6 Å². The van der Waals surface area contributed by atoms with Gasteiger partial charge in [-0.1, -0.05) is 11.6 Å². The molecule has 11 heavy (non-hydrogen) atoms. The van der Waals surface area contributed by atoms with Crippen LogP contribution < -0.4 is 0 Å². The molecule has 60 valence electrons. The molecule has 0 spiro atoms. The Morgan fingerprint density at radius 2 is 2.27 bits per heavy atom. The fraction of sp³-hybridized carbons (Fsp3) is 0.700. The van der Waals surface area contributed by atoms with Gasteiger partial charge in [0.2, 0.25) is 0 Å². The Labute approximate surface area is 67.5 Å². The van der Waals surface area contributed by atoms with Crippen LogP contribution in [0, 0.1) is 5.92 Å². The summed E-state index contributed by atoms with van der Waals surface area (Å²) in [6.45, 7) is 0. The third-order valence-corrected chi connectivity index (χ3v) is 2.85. The van der Waals surface area contributed by atoms with E-state index in [1.807, 2.05) is 0 Å². The van der Waals surface area contributed by atoms with E-state index in [1.165, 1.54) is 19.3 Å². The summed E-state index contributed by atoms with van der Waals surface area (Å²) in [5, 5.41) is 0. The van der Waals surface area contributed by atoms with Gasteiger partial charge in [0.15, 0.2) is 0 Å². The van der Waals surface area contributed by atoms with Crippen LogP contribution in [0.4, 0.5) is 0 Å². The molecule has 0 aliphatic heterocycles. The number of carbonyl (C=O) groups is 1. The number of fused-ring (bicyclic) bond motifs is 1. The molecule has 1 atom stereocenters. The second-order valence-corrected chi connectivity index (χ2v) is 3.65. The van der Waals surface area contributed by atoms with Crippen LogP contribution >= 0.6 is 0 Å². The Morgan fingerprint density at radius 1 is 1.36 bits per heavy atom. The normalized spacial score (nSPS) is 31.1. The van der Waals surface area contributed by atoms with Gasteiger partial charge in [0, 0.05) is 12.8 Å². The number of carbonyl (C=O) groups excluding carboxylic acids is 1. The molecule has 1 nitrogen and oxygen atoms in total. The molecule has 0 aromatic heterocycles. The molecule has 2 aliphatic rings. The third-order valence-electron chi connectivity index (χ3n) is 2.85. The van der Waals surface area contributed by atoms with Crippen LogP contribution in [-0.2, 0) is 4.79 Å². The third kappa shape index (κ3) is 1.37. The van der Waals surface area contributed by atoms with Crippen LogP contribution in [0.25, 0.3) is 0 Å². The predicted molar refractivity (Wildman–Crippen MR) is 44.3 cm³/mol. The summed E-state index contributed by atoms with van der Waals surface area (Å²) in [6.07, 6.45) is 8.78. The summed E-state index contributed by atoms with van der Waals surface area (Å²) in [6, 6.07) is 0. The molecule has 0 N–H and O–H groups in total.